The first-order chi connectivity index (χ1) is 12.7. The Morgan fingerprint density at radius 3 is 1.58 bits per heavy atom. The molecule has 6 nitrogen and oxygen atoms in total. The molecule has 0 saturated carbocycles. The highest BCUT2D eigenvalue weighted by atomic mass is 32.2. The lowest BCUT2D eigenvalue weighted by molar-refractivity contribution is 0.979. The van der Waals surface area contributed by atoms with Crippen LogP contribution in [0.15, 0.2) is 32.9 Å². The molecule has 4 aromatic rings. The normalized spacial score (nSPS) is 11.3. The number of hydrogen-bond donors (Lipinski definition) is 0. The van der Waals surface area contributed by atoms with Gasteiger partial charge in [0.15, 0.2) is 8.68 Å². The molecule has 3 aromatic heterocycles. The first kappa shape index (κ1) is 17.8. The summed E-state index contributed by atoms with van der Waals surface area (Å²) in [5.74, 6) is 1.44. The van der Waals surface area contributed by atoms with E-state index in [0.717, 1.165) is 52.6 Å². The van der Waals surface area contributed by atoms with Gasteiger partial charge in [-0.05, 0) is 26.0 Å². The number of thioether (sulfide) groups is 2. The predicted octanol–water partition coefficient (Wildman–Crippen LogP) is 4.53. The van der Waals surface area contributed by atoms with Crippen molar-refractivity contribution in [2.45, 2.75) is 34.0 Å². The molecule has 0 atom stereocenters. The molecule has 0 amide bonds. The predicted molar refractivity (Wildman–Crippen MR) is 108 cm³/mol. The minimum absolute atomic E-state index is 0.720. The number of nitrogens with zero attached hydrogens (tertiary/aromatic N) is 6. The summed E-state index contributed by atoms with van der Waals surface area (Å²) in [7, 11) is 0. The molecule has 132 valence electrons. The number of para-hydroxylation sites is 2. The van der Waals surface area contributed by atoms with Crippen LogP contribution in [0.4, 0.5) is 0 Å². The lowest BCUT2D eigenvalue weighted by Crippen LogP contribution is -2.00. The third kappa shape index (κ3) is 4.20. The van der Waals surface area contributed by atoms with Crippen LogP contribution in [0.1, 0.15) is 21.4 Å². The molecule has 10 heteroatoms. The van der Waals surface area contributed by atoms with Gasteiger partial charge in [0.25, 0.3) is 0 Å². The molecule has 0 radical (unpaired) electrons. The maximum Gasteiger partial charge on any atom is 0.174 e. The fourth-order valence-electron chi connectivity index (χ4n) is 2.24. The van der Waals surface area contributed by atoms with Gasteiger partial charge in [0.2, 0.25) is 0 Å². The third-order valence-corrected chi connectivity index (χ3v) is 7.37. The van der Waals surface area contributed by atoms with E-state index >= 15 is 0 Å². The van der Waals surface area contributed by atoms with E-state index in [0.29, 0.717) is 0 Å². The van der Waals surface area contributed by atoms with E-state index in [2.05, 4.69) is 20.4 Å². The van der Waals surface area contributed by atoms with Crippen LogP contribution in [0.5, 0.6) is 0 Å². The van der Waals surface area contributed by atoms with Crippen molar-refractivity contribution >= 4 is 57.2 Å². The van der Waals surface area contributed by atoms with Crippen molar-refractivity contribution in [3.05, 3.63) is 45.7 Å². The second-order valence-corrected chi connectivity index (χ2v) is 10.2. The zero-order chi connectivity index (χ0) is 17.9. The topological polar surface area (TPSA) is 77.3 Å². The third-order valence-electron chi connectivity index (χ3n) is 3.41. The van der Waals surface area contributed by atoms with Crippen LogP contribution in [0.3, 0.4) is 0 Å². The Labute approximate surface area is 166 Å². The molecule has 26 heavy (non-hydrogen) atoms. The maximum atomic E-state index is 4.84. The van der Waals surface area contributed by atoms with Gasteiger partial charge in [0, 0.05) is 11.5 Å². The maximum absolute atomic E-state index is 4.84. The van der Waals surface area contributed by atoms with E-state index in [9.17, 15) is 0 Å². The van der Waals surface area contributed by atoms with Gasteiger partial charge in [-0.25, -0.2) is 9.97 Å². The number of aromatic nitrogens is 6. The van der Waals surface area contributed by atoms with Crippen LogP contribution in [0.2, 0.25) is 0 Å². The van der Waals surface area contributed by atoms with Crippen LogP contribution < -0.4 is 0 Å². The molecule has 0 aliphatic heterocycles. The Hall–Kier alpha value is -1.62. The lowest BCUT2D eigenvalue weighted by Gasteiger charge is -2.08. The molecule has 0 aliphatic carbocycles. The average Bonchev–Trinajstić information content (AvgIpc) is 3.25. The summed E-state index contributed by atoms with van der Waals surface area (Å²) < 4.78 is 1.91. The van der Waals surface area contributed by atoms with Crippen molar-refractivity contribution in [3.8, 4) is 0 Å². The molecule has 0 aliphatic rings. The van der Waals surface area contributed by atoms with Crippen molar-refractivity contribution in [3.63, 3.8) is 0 Å². The summed E-state index contributed by atoms with van der Waals surface area (Å²) in [6, 6.07) is 7.97. The van der Waals surface area contributed by atoms with Gasteiger partial charge < -0.3 is 0 Å². The number of benzene rings is 1. The quantitative estimate of drug-likeness (QED) is 0.423. The molecule has 0 saturated heterocycles. The van der Waals surface area contributed by atoms with Crippen molar-refractivity contribution < 1.29 is 0 Å². The number of aryl methyl sites for hydroxylation is 2. The highest BCUT2D eigenvalue weighted by molar-refractivity contribution is 8.00. The van der Waals surface area contributed by atoms with Crippen LogP contribution in [0.25, 0.3) is 11.0 Å². The van der Waals surface area contributed by atoms with Gasteiger partial charge in [-0.1, -0.05) is 58.3 Å². The molecule has 0 fully saturated rings. The molecule has 4 rings (SSSR count). The minimum Gasteiger partial charge on any atom is -0.248 e. The van der Waals surface area contributed by atoms with Gasteiger partial charge in [0.1, 0.15) is 10.0 Å². The minimum atomic E-state index is 0.720. The molecule has 0 N–H and O–H groups in total. The lowest BCUT2D eigenvalue weighted by atomic mass is 10.2. The first-order valence-corrected chi connectivity index (χ1v) is 11.4. The molecule has 3 heterocycles. The van der Waals surface area contributed by atoms with Gasteiger partial charge >= 0.3 is 0 Å². The van der Waals surface area contributed by atoms with Crippen LogP contribution >= 0.6 is 46.2 Å². The summed E-state index contributed by atoms with van der Waals surface area (Å²) >= 11 is 6.50. The van der Waals surface area contributed by atoms with Gasteiger partial charge in [0.05, 0.1) is 22.4 Å². The fraction of sp³-hybridized carbons (Fsp3) is 0.250. The summed E-state index contributed by atoms with van der Waals surface area (Å²) in [5, 5.41) is 18.5. The van der Waals surface area contributed by atoms with E-state index in [-0.39, 0.29) is 0 Å². The average molecular weight is 419 g/mol. The molecule has 0 unspecified atom stereocenters. The molecule has 1 aromatic carbocycles. The summed E-state index contributed by atoms with van der Waals surface area (Å²) in [4.78, 5) is 9.68. The van der Waals surface area contributed by atoms with Gasteiger partial charge in [-0.2, -0.15) is 0 Å². The van der Waals surface area contributed by atoms with Crippen molar-refractivity contribution in [2.75, 3.05) is 0 Å². The fourth-order valence-corrected chi connectivity index (χ4v) is 5.80. The molecular weight excluding hydrogens is 404 g/mol. The largest absolute Gasteiger partial charge is 0.248 e. The molecular formula is C16H14N6S4. The van der Waals surface area contributed by atoms with E-state index in [1.165, 1.54) is 0 Å². The van der Waals surface area contributed by atoms with Crippen LogP contribution in [0, 0.1) is 13.8 Å². The Morgan fingerprint density at radius 2 is 1.19 bits per heavy atom. The van der Waals surface area contributed by atoms with Gasteiger partial charge in [-0.3, -0.25) is 0 Å². The Morgan fingerprint density at radius 1 is 0.731 bits per heavy atom. The second kappa shape index (κ2) is 7.95. The zero-order valence-electron chi connectivity index (χ0n) is 14.0. The Kier molecular flexibility index (Phi) is 5.44. The van der Waals surface area contributed by atoms with E-state index in [1.807, 2.05) is 38.1 Å². The number of hydrogen-bond acceptors (Lipinski definition) is 10. The summed E-state index contributed by atoms with van der Waals surface area (Å²) in [5.41, 5.74) is 3.79. The SMILES string of the molecule is Cc1nnc(SCc2nc3ccccc3nc2CSc2nnc(C)s2)s1. The first-order valence-electron chi connectivity index (χ1n) is 7.78. The highest BCUT2D eigenvalue weighted by Crippen LogP contribution is 2.30. The van der Waals surface area contributed by atoms with Gasteiger partial charge in [-0.15, -0.1) is 20.4 Å². The summed E-state index contributed by atoms with van der Waals surface area (Å²) in [6.45, 7) is 3.92. The zero-order valence-corrected chi connectivity index (χ0v) is 17.3. The monoisotopic (exact) mass is 418 g/mol. The number of fused-ring (bicyclic) bond motifs is 1. The van der Waals surface area contributed by atoms with Crippen LogP contribution in [-0.4, -0.2) is 30.4 Å². The van der Waals surface area contributed by atoms with Crippen molar-refractivity contribution in [1.82, 2.24) is 30.4 Å². The molecule has 0 spiro atoms. The van der Waals surface area contributed by atoms with E-state index < -0.39 is 0 Å². The standard InChI is InChI=1S/C16H14N6S4/c1-9-19-21-15(25-9)23-7-13-14(8-24-16-22-20-10(2)26-16)18-12-6-4-3-5-11(12)17-13/h3-6H,7-8H2,1-2H3. The van der Waals surface area contributed by atoms with Crippen molar-refractivity contribution in [1.29, 1.82) is 0 Å². The Bertz CT molecular complexity index is 961. The Balaban J connectivity index is 1.59. The van der Waals surface area contributed by atoms with Crippen molar-refractivity contribution in [2.24, 2.45) is 0 Å². The second-order valence-electron chi connectivity index (χ2n) is 5.36. The number of rotatable bonds is 6. The summed E-state index contributed by atoms with van der Waals surface area (Å²) in [6.07, 6.45) is 0. The molecule has 0 bridgehead atoms. The smallest absolute Gasteiger partial charge is 0.174 e. The highest BCUT2D eigenvalue weighted by Gasteiger charge is 2.13. The van der Waals surface area contributed by atoms with Crippen LogP contribution in [-0.2, 0) is 11.5 Å². The van der Waals surface area contributed by atoms with E-state index in [1.54, 1.807) is 46.2 Å². The van der Waals surface area contributed by atoms with E-state index in [4.69, 9.17) is 9.97 Å².